The van der Waals surface area contributed by atoms with Crippen LogP contribution in [-0.2, 0) is 19.2 Å². The molecule has 88 valence electrons. The molecule has 0 unspecified atom stereocenters. The van der Waals surface area contributed by atoms with Crippen LogP contribution < -0.4 is 0 Å². The van der Waals surface area contributed by atoms with Crippen molar-refractivity contribution in [1.82, 2.24) is 5.06 Å². The Hall–Kier alpha value is -1.23. The Balaban J connectivity index is 0. The van der Waals surface area contributed by atoms with Gasteiger partial charge in [-0.25, -0.2) is 0 Å². The van der Waals surface area contributed by atoms with Crippen molar-refractivity contribution < 1.29 is 19.2 Å². The predicted octanol–water partition coefficient (Wildman–Crippen LogP) is 0.827. The van der Waals surface area contributed by atoms with Crippen LogP contribution in [0.3, 0.4) is 0 Å². The van der Waals surface area contributed by atoms with Crippen molar-refractivity contribution in [2.24, 2.45) is 5.92 Å². The van der Waals surface area contributed by atoms with E-state index in [1.54, 1.807) is 27.9 Å². The number of nitrogens with zero attached hydrogens (tertiary/aromatic N) is 1. The van der Waals surface area contributed by atoms with E-state index in [4.69, 9.17) is 4.84 Å². The molecule has 0 aliphatic heterocycles. The second kappa shape index (κ2) is 10.8. The van der Waals surface area contributed by atoms with E-state index < -0.39 is 0 Å². The van der Waals surface area contributed by atoms with Crippen molar-refractivity contribution in [2.45, 2.75) is 26.7 Å². The molecule has 0 saturated heterocycles. The molecule has 0 bridgehead atoms. The smallest absolute Gasteiger partial charge is 0.327 e. The standard InChI is InChI=1S/C6H13NO2.C4H6O2/c1-5(2)6(8)9-7(3)4;5-3-1-2-4-6/h5H,1-4H3;3-4H,1-2H2. The summed E-state index contributed by atoms with van der Waals surface area (Å²) in [6.07, 6.45) is 2.19. The Morgan fingerprint density at radius 1 is 1.20 bits per heavy atom. The number of carbonyl (C=O) groups excluding carboxylic acids is 3. The van der Waals surface area contributed by atoms with Crippen LogP contribution in [0.4, 0.5) is 0 Å². The molecule has 0 radical (unpaired) electrons. The zero-order valence-corrected chi connectivity index (χ0v) is 9.73. The van der Waals surface area contributed by atoms with Crippen molar-refractivity contribution in [1.29, 1.82) is 0 Å². The van der Waals surface area contributed by atoms with Crippen LogP contribution in [0.1, 0.15) is 26.7 Å². The van der Waals surface area contributed by atoms with E-state index in [1.165, 1.54) is 5.06 Å². The van der Waals surface area contributed by atoms with E-state index in [1.807, 2.05) is 0 Å². The number of hydrogen-bond acceptors (Lipinski definition) is 5. The lowest BCUT2D eigenvalue weighted by molar-refractivity contribution is -0.182. The molecule has 15 heavy (non-hydrogen) atoms. The fourth-order valence-electron chi connectivity index (χ4n) is 0.421. The maximum absolute atomic E-state index is 10.7. The molecule has 0 aromatic heterocycles. The van der Waals surface area contributed by atoms with Gasteiger partial charge in [0.05, 0.1) is 5.92 Å². The van der Waals surface area contributed by atoms with Crippen LogP contribution in [0.5, 0.6) is 0 Å². The normalized spacial score (nSPS) is 9.20. The fourth-order valence-corrected chi connectivity index (χ4v) is 0.421. The average molecular weight is 217 g/mol. The minimum atomic E-state index is -0.194. The van der Waals surface area contributed by atoms with Gasteiger partial charge >= 0.3 is 5.97 Å². The highest BCUT2D eigenvalue weighted by Gasteiger charge is 2.08. The lowest BCUT2D eigenvalue weighted by atomic mass is 10.2. The summed E-state index contributed by atoms with van der Waals surface area (Å²) >= 11 is 0. The topological polar surface area (TPSA) is 63.7 Å². The summed E-state index contributed by atoms with van der Waals surface area (Å²) in [5.74, 6) is -0.243. The number of hydroxylamine groups is 2. The molecule has 0 heterocycles. The van der Waals surface area contributed by atoms with Crippen molar-refractivity contribution >= 4 is 18.5 Å². The Bertz CT molecular complexity index is 182. The van der Waals surface area contributed by atoms with Crippen molar-refractivity contribution in [2.75, 3.05) is 14.1 Å². The molecule has 0 saturated carbocycles. The zero-order chi connectivity index (χ0) is 12.3. The van der Waals surface area contributed by atoms with E-state index in [9.17, 15) is 14.4 Å². The summed E-state index contributed by atoms with van der Waals surface area (Å²) in [5.41, 5.74) is 0. The summed E-state index contributed by atoms with van der Waals surface area (Å²) < 4.78 is 0. The molecule has 0 rings (SSSR count). The van der Waals surface area contributed by atoms with Gasteiger partial charge in [0.2, 0.25) is 0 Å². The predicted molar refractivity (Wildman–Crippen MR) is 56.0 cm³/mol. The van der Waals surface area contributed by atoms with E-state index >= 15 is 0 Å². The third-order valence-electron chi connectivity index (χ3n) is 1.15. The van der Waals surface area contributed by atoms with Crippen LogP contribution >= 0.6 is 0 Å². The first kappa shape index (κ1) is 16.2. The maximum Gasteiger partial charge on any atom is 0.327 e. The molecule has 0 N–H and O–H groups in total. The number of unbranched alkanes of at least 4 members (excludes halogenated alkanes) is 1. The van der Waals surface area contributed by atoms with Crippen LogP contribution in [-0.4, -0.2) is 37.7 Å². The molecule has 0 aromatic carbocycles. The molecule has 0 atom stereocenters. The number of hydrogen-bond donors (Lipinski definition) is 0. The number of rotatable bonds is 5. The Kier molecular flexibility index (Phi) is 11.7. The summed E-state index contributed by atoms with van der Waals surface area (Å²) in [6.45, 7) is 3.59. The maximum atomic E-state index is 10.7. The fraction of sp³-hybridized carbons (Fsp3) is 0.700. The van der Waals surface area contributed by atoms with E-state index in [-0.39, 0.29) is 11.9 Å². The second-order valence-corrected chi connectivity index (χ2v) is 3.29. The molecule has 5 heteroatoms. The SMILES string of the molecule is CC(C)C(=O)ON(C)C.O=CCCC=O. The first-order valence-corrected chi connectivity index (χ1v) is 4.72. The van der Waals surface area contributed by atoms with E-state index in [0.29, 0.717) is 12.8 Å². The lowest BCUT2D eigenvalue weighted by Crippen LogP contribution is -2.21. The van der Waals surface area contributed by atoms with Gasteiger partial charge in [-0.15, -0.1) is 5.06 Å². The van der Waals surface area contributed by atoms with Gasteiger partial charge in [0.15, 0.2) is 0 Å². The summed E-state index contributed by atoms with van der Waals surface area (Å²) in [6, 6.07) is 0. The highest BCUT2D eigenvalue weighted by atomic mass is 16.7. The molecule has 0 spiro atoms. The minimum absolute atomic E-state index is 0.0487. The van der Waals surface area contributed by atoms with Gasteiger partial charge in [-0.1, -0.05) is 13.8 Å². The molecular weight excluding hydrogens is 198 g/mol. The van der Waals surface area contributed by atoms with Crippen LogP contribution in [0.15, 0.2) is 0 Å². The highest BCUT2D eigenvalue weighted by Crippen LogP contribution is 1.95. The monoisotopic (exact) mass is 217 g/mol. The highest BCUT2D eigenvalue weighted by molar-refractivity contribution is 5.71. The average Bonchev–Trinajstić information content (AvgIpc) is 2.14. The summed E-state index contributed by atoms with van der Waals surface area (Å²) in [4.78, 5) is 34.2. The van der Waals surface area contributed by atoms with Gasteiger partial charge in [0, 0.05) is 26.9 Å². The molecular formula is C10H19NO4. The van der Waals surface area contributed by atoms with E-state index in [2.05, 4.69) is 0 Å². The van der Waals surface area contributed by atoms with Gasteiger partial charge in [-0.3, -0.25) is 4.79 Å². The van der Waals surface area contributed by atoms with E-state index in [0.717, 1.165) is 12.6 Å². The quantitative estimate of drug-likeness (QED) is 0.387. The summed E-state index contributed by atoms with van der Waals surface area (Å²) in [7, 11) is 3.36. The molecule has 0 aliphatic rings. The Morgan fingerprint density at radius 2 is 1.60 bits per heavy atom. The second-order valence-electron chi connectivity index (χ2n) is 3.29. The molecule has 0 amide bonds. The largest absolute Gasteiger partial charge is 0.368 e. The first-order valence-electron chi connectivity index (χ1n) is 4.72. The van der Waals surface area contributed by atoms with Crippen molar-refractivity contribution in [3.05, 3.63) is 0 Å². The Morgan fingerprint density at radius 3 is 1.73 bits per heavy atom. The van der Waals surface area contributed by atoms with Gasteiger partial charge in [-0.05, 0) is 0 Å². The lowest BCUT2D eigenvalue weighted by Gasteiger charge is -2.10. The molecule has 0 aliphatic carbocycles. The number of carbonyl (C=O) groups is 3. The van der Waals surface area contributed by atoms with Gasteiger partial charge in [-0.2, -0.15) is 0 Å². The molecule has 5 nitrogen and oxygen atoms in total. The van der Waals surface area contributed by atoms with Gasteiger partial charge in [0.1, 0.15) is 12.6 Å². The Labute approximate surface area is 90.3 Å². The van der Waals surface area contributed by atoms with Crippen molar-refractivity contribution in [3.63, 3.8) is 0 Å². The van der Waals surface area contributed by atoms with Crippen molar-refractivity contribution in [3.8, 4) is 0 Å². The van der Waals surface area contributed by atoms with Gasteiger partial charge in [0.25, 0.3) is 0 Å². The first-order chi connectivity index (χ1) is 6.95. The zero-order valence-electron chi connectivity index (χ0n) is 9.73. The third kappa shape index (κ3) is 15.5. The number of aldehydes is 2. The van der Waals surface area contributed by atoms with Gasteiger partial charge < -0.3 is 14.4 Å². The van der Waals surface area contributed by atoms with Crippen LogP contribution in [0, 0.1) is 5.92 Å². The van der Waals surface area contributed by atoms with Crippen LogP contribution in [0.2, 0.25) is 0 Å². The van der Waals surface area contributed by atoms with Crippen LogP contribution in [0.25, 0.3) is 0 Å². The minimum Gasteiger partial charge on any atom is -0.368 e. The third-order valence-corrected chi connectivity index (χ3v) is 1.15. The molecule has 0 aromatic rings. The summed E-state index contributed by atoms with van der Waals surface area (Å²) in [5, 5.41) is 1.39. The molecule has 0 fully saturated rings.